The molecule has 0 atom stereocenters. The Balaban J connectivity index is 2.33. The van der Waals surface area contributed by atoms with Crippen molar-refractivity contribution in [1.29, 1.82) is 0 Å². The predicted molar refractivity (Wildman–Crippen MR) is 57.9 cm³/mol. The highest BCUT2D eigenvalue weighted by Crippen LogP contribution is 2.04. The van der Waals surface area contributed by atoms with E-state index >= 15 is 0 Å². The summed E-state index contributed by atoms with van der Waals surface area (Å²) in [6, 6.07) is 8.26. The van der Waals surface area contributed by atoms with Gasteiger partial charge >= 0.3 is 0 Å². The molecule has 5 heteroatoms. The summed E-state index contributed by atoms with van der Waals surface area (Å²) >= 11 is 0. The molecule has 0 unspecified atom stereocenters. The van der Waals surface area contributed by atoms with Crippen molar-refractivity contribution in [2.45, 2.75) is 0 Å². The first-order valence-electron chi connectivity index (χ1n) is 4.87. The Morgan fingerprint density at radius 2 is 1.94 bits per heavy atom. The van der Waals surface area contributed by atoms with Crippen LogP contribution in [0.15, 0.2) is 53.8 Å². The lowest BCUT2D eigenvalue weighted by Crippen LogP contribution is -2.08. The van der Waals surface area contributed by atoms with Crippen LogP contribution in [0.4, 0.5) is 4.39 Å². The van der Waals surface area contributed by atoms with Gasteiger partial charge in [0.05, 0.1) is 5.36 Å². The summed E-state index contributed by atoms with van der Waals surface area (Å²) in [5.41, 5.74) is 0.186. The Morgan fingerprint density at radius 3 is 2.59 bits per heavy atom. The van der Waals surface area contributed by atoms with E-state index in [1.165, 1.54) is 42.7 Å². The standard InChI is InChI=1S/C12H9FN2O2/c13-10-3-1-2-9(8-10)12(16)14-11-4-6-15(17)7-5-11/h1-8,17H. The van der Waals surface area contributed by atoms with E-state index in [9.17, 15) is 9.18 Å². The second-order valence-electron chi connectivity index (χ2n) is 3.36. The minimum atomic E-state index is -0.528. The van der Waals surface area contributed by atoms with Gasteiger partial charge in [-0.15, -0.1) is 0 Å². The fourth-order valence-electron chi connectivity index (χ4n) is 1.29. The van der Waals surface area contributed by atoms with Crippen LogP contribution in [0.5, 0.6) is 0 Å². The molecule has 0 radical (unpaired) electrons. The highest BCUT2D eigenvalue weighted by atomic mass is 19.1. The van der Waals surface area contributed by atoms with Gasteiger partial charge in [-0.1, -0.05) is 6.07 Å². The van der Waals surface area contributed by atoms with E-state index in [0.29, 0.717) is 5.36 Å². The smallest absolute Gasteiger partial charge is 0.277 e. The number of rotatable bonds is 1. The van der Waals surface area contributed by atoms with Crippen LogP contribution in [0, 0.1) is 5.82 Å². The average molecular weight is 232 g/mol. The first-order chi connectivity index (χ1) is 8.15. The Hall–Kier alpha value is -2.43. The molecule has 0 fully saturated rings. The highest BCUT2D eigenvalue weighted by molar-refractivity contribution is 5.94. The Kier molecular flexibility index (Phi) is 3.00. The average Bonchev–Trinajstić information content (AvgIpc) is 2.32. The maximum atomic E-state index is 12.9. The molecule has 1 aromatic heterocycles. The maximum absolute atomic E-state index is 12.9. The summed E-state index contributed by atoms with van der Waals surface area (Å²) < 4.78 is 13.7. The van der Waals surface area contributed by atoms with E-state index in [1.54, 1.807) is 0 Å². The lowest BCUT2D eigenvalue weighted by atomic mass is 10.2. The second-order valence-corrected chi connectivity index (χ2v) is 3.36. The predicted octanol–water partition coefficient (Wildman–Crippen LogP) is 1.61. The zero-order valence-corrected chi connectivity index (χ0v) is 8.75. The monoisotopic (exact) mass is 232 g/mol. The fourth-order valence-corrected chi connectivity index (χ4v) is 1.29. The maximum Gasteiger partial charge on any atom is 0.277 e. The van der Waals surface area contributed by atoms with E-state index < -0.39 is 11.7 Å². The van der Waals surface area contributed by atoms with Crippen molar-refractivity contribution >= 4 is 5.91 Å². The van der Waals surface area contributed by atoms with Gasteiger partial charge in [-0.3, -0.25) is 4.79 Å². The lowest BCUT2D eigenvalue weighted by Gasteiger charge is -1.96. The van der Waals surface area contributed by atoms with Crippen molar-refractivity contribution in [2.24, 2.45) is 4.99 Å². The van der Waals surface area contributed by atoms with Crippen LogP contribution >= 0.6 is 0 Å². The van der Waals surface area contributed by atoms with E-state index in [4.69, 9.17) is 5.21 Å². The number of amides is 1. The molecule has 17 heavy (non-hydrogen) atoms. The summed E-state index contributed by atoms with van der Waals surface area (Å²) in [6.45, 7) is 0. The van der Waals surface area contributed by atoms with E-state index in [2.05, 4.69) is 4.99 Å². The van der Waals surface area contributed by atoms with Gasteiger partial charge in [0.2, 0.25) is 0 Å². The number of carbonyl (C=O) groups excluding carboxylic acids is 1. The first kappa shape index (κ1) is 11.1. The Labute approximate surface area is 96.3 Å². The number of hydrogen-bond acceptors (Lipinski definition) is 2. The van der Waals surface area contributed by atoms with Crippen LogP contribution in [-0.2, 0) is 0 Å². The Morgan fingerprint density at radius 1 is 1.24 bits per heavy atom. The number of nitrogens with zero attached hydrogens (tertiary/aromatic N) is 2. The number of halogens is 1. The molecule has 0 spiro atoms. The van der Waals surface area contributed by atoms with Crippen molar-refractivity contribution in [3.63, 3.8) is 0 Å². The number of carbonyl (C=O) groups is 1. The number of benzene rings is 1. The molecule has 4 nitrogen and oxygen atoms in total. The van der Waals surface area contributed by atoms with Crippen molar-refractivity contribution in [1.82, 2.24) is 4.73 Å². The van der Waals surface area contributed by atoms with Gasteiger partial charge in [-0.05, 0) is 30.3 Å². The molecule has 0 aliphatic heterocycles. The normalized spacial score (nSPS) is 9.94. The fraction of sp³-hybridized carbons (Fsp3) is 0. The second kappa shape index (κ2) is 4.61. The third kappa shape index (κ3) is 2.78. The third-order valence-corrected chi connectivity index (χ3v) is 2.10. The van der Waals surface area contributed by atoms with Crippen molar-refractivity contribution in [3.8, 4) is 0 Å². The summed E-state index contributed by atoms with van der Waals surface area (Å²) in [6.07, 6.45) is 2.69. The van der Waals surface area contributed by atoms with Crippen LogP contribution in [0.2, 0.25) is 0 Å². The van der Waals surface area contributed by atoms with Gasteiger partial charge in [0.15, 0.2) is 0 Å². The molecule has 2 aromatic rings. The molecule has 0 aliphatic rings. The van der Waals surface area contributed by atoms with Gasteiger partial charge in [-0.25, -0.2) is 14.1 Å². The quantitative estimate of drug-likeness (QED) is 0.759. The third-order valence-electron chi connectivity index (χ3n) is 2.10. The number of aromatic nitrogens is 1. The number of hydrogen-bond donors (Lipinski definition) is 1. The molecule has 1 aromatic carbocycles. The van der Waals surface area contributed by atoms with Crippen LogP contribution in [0.3, 0.4) is 0 Å². The van der Waals surface area contributed by atoms with Crippen LogP contribution in [0.1, 0.15) is 10.4 Å². The van der Waals surface area contributed by atoms with Gasteiger partial charge in [0.1, 0.15) is 5.82 Å². The summed E-state index contributed by atoms with van der Waals surface area (Å²) in [5.74, 6) is -1.01. The topological polar surface area (TPSA) is 54.6 Å². The van der Waals surface area contributed by atoms with Crippen LogP contribution in [-0.4, -0.2) is 15.8 Å². The zero-order chi connectivity index (χ0) is 12.3. The molecular weight excluding hydrogens is 223 g/mol. The summed E-state index contributed by atoms with van der Waals surface area (Å²) in [7, 11) is 0. The van der Waals surface area contributed by atoms with Gasteiger partial charge < -0.3 is 5.21 Å². The molecule has 0 bridgehead atoms. The summed E-state index contributed by atoms with van der Waals surface area (Å²) in [4.78, 5) is 15.4. The molecule has 0 saturated heterocycles. The van der Waals surface area contributed by atoms with Crippen molar-refractivity contribution in [3.05, 3.63) is 65.5 Å². The molecule has 1 heterocycles. The largest absolute Gasteiger partial charge is 0.429 e. The molecule has 0 aliphatic carbocycles. The number of pyridine rings is 1. The molecule has 0 saturated carbocycles. The Bertz CT molecular complexity index is 599. The molecular formula is C12H9FN2O2. The lowest BCUT2D eigenvalue weighted by molar-refractivity contribution is 0.0997. The molecule has 2 rings (SSSR count). The minimum absolute atomic E-state index is 0.186. The van der Waals surface area contributed by atoms with Crippen LogP contribution < -0.4 is 5.36 Å². The minimum Gasteiger partial charge on any atom is -0.429 e. The first-order valence-corrected chi connectivity index (χ1v) is 4.87. The molecule has 1 amide bonds. The van der Waals surface area contributed by atoms with Gasteiger partial charge in [-0.2, -0.15) is 0 Å². The molecule has 86 valence electrons. The highest BCUT2D eigenvalue weighted by Gasteiger charge is 2.03. The van der Waals surface area contributed by atoms with Crippen molar-refractivity contribution < 1.29 is 14.4 Å². The van der Waals surface area contributed by atoms with Gasteiger partial charge in [0.25, 0.3) is 5.91 Å². The van der Waals surface area contributed by atoms with Crippen LogP contribution in [0.25, 0.3) is 0 Å². The SMILES string of the molecule is O=C(N=c1ccn(O)cc1)c1cccc(F)c1. The molecule has 1 N–H and O–H groups in total. The van der Waals surface area contributed by atoms with E-state index in [0.717, 1.165) is 10.8 Å². The van der Waals surface area contributed by atoms with Crippen molar-refractivity contribution in [2.75, 3.05) is 0 Å². The van der Waals surface area contributed by atoms with E-state index in [-0.39, 0.29) is 5.56 Å². The zero-order valence-electron chi connectivity index (χ0n) is 8.75. The van der Waals surface area contributed by atoms with Gasteiger partial charge in [0, 0.05) is 18.0 Å². The summed E-state index contributed by atoms with van der Waals surface area (Å²) in [5, 5.41) is 9.38. The van der Waals surface area contributed by atoms with E-state index in [1.807, 2.05) is 0 Å².